The summed E-state index contributed by atoms with van der Waals surface area (Å²) in [6.07, 6.45) is 0. The van der Waals surface area contributed by atoms with Crippen LogP contribution in [0.4, 0.5) is 5.69 Å². The highest BCUT2D eigenvalue weighted by Crippen LogP contribution is 2.56. The highest BCUT2D eigenvalue weighted by Gasteiger charge is 2.53. The number of carbonyl (C=O) groups excluding carboxylic acids is 2. The minimum atomic E-state index is -1.07. The second-order valence-corrected chi connectivity index (χ2v) is 8.29. The van der Waals surface area contributed by atoms with Gasteiger partial charge >= 0.3 is 5.97 Å². The molecule has 33 heavy (non-hydrogen) atoms. The molecule has 0 radical (unpaired) electrons. The Morgan fingerprint density at radius 3 is 2.27 bits per heavy atom. The summed E-state index contributed by atoms with van der Waals surface area (Å²) in [5.41, 5.74) is 2.71. The Hall–Kier alpha value is -3.64. The average Bonchev–Trinajstić information content (AvgIpc) is 3.12. The van der Waals surface area contributed by atoms with Crippen molar-refractivity contribution in [3.63, 3.8) is 0 Å². The number of anilines is 1. The lowest BCUT2D eigenvalue weighted by Crippen LogP contribution is -2.45. The molecule has 0 aliphatic carbocycles. The van der Waals surface area contributed by atoms with E-state index >= 15 is 0 Å². The minimum Gasteiger partial charge on any atom is -0.456 e. The van der Waals surface area contributed by atoms with Crippen molar-refractivity contribution in [3.05, 3.63) is 89.0 Å². The first-order valence-electron chi connectivity index (χ1n) is 11.3. The fraction of sp³-hybridized carbons (Fsp3) is 0.259. The lowest BCUT2D eigenvalue weighted by atomic mass is 9.77. The predicted octanol–water partition coefficient (Wildman–Crippen LogP) is 4.91. The fourth-order valence-electron chi connectivity index (χ4n) is 4.90. The summed E-state index contributed by atoms with van der Waals surface area (Å²) < 4.78 is 12.5. The molecule has 0 amide bonds. The molecule has 0 bridgehead atoms. The lowest BCUT2D eigenvalue weighted by Gasteiger charge is -2.38. The van der Waals surface area contributed by atoms with Crippen LogP contribution in [0.3, 0.4) is 0 Å². The molecule has 1 spiro atoms. The van der Waals surface area contributed by atoms with Crippen LogP contribution in [0.2, 0.25) is 0 Å². The number of ether oxygens (including phenoxy) is 2. The van der Waals surface area contributed by atoms with E-state index in [9.17, 15) is 9.59 Å². The molecule has 3 aromatic carbocycles. The molecule has 6 heteroatoms. The van der Waals surface area contributed by atoms with Crippen molar-refractivity contribution in [1.29, 1.82) is 0 Å². The number of benzene rings is 3. The quantitative estimate of drug-likeness (QED) is 0.400. The van der Waals surface area contributed by atoms with Crippen LogP contribution in [-0.4, -0.2) is 36.4 Å². The largest absolute Gasteiger partial charge is 0.456 e. The topological polar surface area (TPSA) is 59.1 Å². The van der Waals surface area contributed by atoms with Crippen molar-refractivity contribution in [2.24, 2.45) is 0 Å². The first kappa shape index (κ1) is 21.2. The lowest BCUT2D eigenvalue weighted by molar-refractivity contribution is -0.116. The minimum absolute atomic E-state index is 0.0704. The highest BCUT2D eigenvalue weighted by atomic mass is 16.6. The molecule has 1 atom stereocenters. The van der Waals surface area contributed by atoms with Crippen LogP contribution in [-0.2, 0) is 15.1 Å². The molecular weight excluding hydrogens is 416 g/mol. The fourth-order valence-corrected chi connectivity index (χ4v) is 4.90. The number of hydrazine groups is 1. The van der Waals surface area contributed by atoms with Crippen LogP contribution in [0.25, 0.3) is 0 Å². The zero-order chi connectivity index (χ0) is 23.2. The van der Waals surface area contributed by atoms with Crippen LogP contribution < -0.4 is 9.75 Å². The van der Waals surface area contributed by atoms with Gasteiger partial charge in [-0.05, 0) is 31.2 Å². The first-order chi connectivity index (χ1) is 16.0. The number of carbonyl (C=O) groups is 2. The molecule has 0 saturated heterocycles. The third-order valence-electron chi connectivity index (χ3n) is 6.34. The second kappa shape index (κ2) is 8.05. The number of fused-ring (bicyclic) bond motifs is 6. The summed E-state index contributed by atoms with van der Waals surface area (Å²) >= 11 is 0. The van der Waals surface area contributed by atoms with E-state index in [0.29, 0.717) is 17.1 Å². The Morgan fingerprint density at radius 1 is 0.879 bits per heavy atom. The molecule has 2 aliphatic rings. The molecule has 0 fully saturated rings. The van der Waals surface area contributed by atoms with Crippen molar-refractivity contribution in [3.8, 4) is 11.5 Å². The maximum atomic E-state index is 12.9. The SMILES string of the molecule is CCN(CC)N(CC(C)=O)c1ccc2c(c1)Oc1ccccc1C21OC(=O)c2ccccc21. The third kappa shape index (κ3) is 3.21. The molecule has 168 valence electrons. The van der Waals surface area contributed by atoms with Gasteiger partial charge in [0.25, 0.3) is 0 Å². The van der Waals surface area contributed by atoms with Crippen molar-refractivity contribution >= 4 is 17.4 Å². The molecular formula is C27H26N2O4. The van der Waals surface area contributed by atoms with Gasteiger partial charge in [-0.15, -0.1) is 0 Å². The van der Waals surface area contributed by atoms with Crippen LogP contribution in [0.5, 0.6) is 11.5 Å². The van der Waals surface area contributed by atoms with Crippen molar-refractivity contribution < 1.29 is 19.1 Å². The summed E-state index contributed by atoms with van der Waals surface area (Å²) in [4.78, 5) is 24.9. The zero-order valence-electron chi connectivity index (χ0n) is 19.0. The van der Waals surface area contributed by atoms with Gasteiger partial charge in [0.1, 0.15) is 11.5 Å². The molecule has 5 rings (SSSR count). The number of para-hydroxylation sites is 1. The van der Waals surface area contributed by atoms with Crippen molar-refractivity contribution in [2.75, 3.05) is 24.6 Å². The van der Waals surface area contributed by atoms with Gasteiger partial charge in [-0.1, -0.05) is 50.2 Å². The molecule has 6 nitrogen and oxygen atoms in total. The smallest absolute Gasteiger partial charge is 0.340 e. The number of rotatable bonds is 6. The summed E-state index contributed by atoms with van der Waals surface area (Å²) in [5.74, 6) is 0.976. The molecule has 3 aromatic rings. The van der Waals surface area contributed by atoms with Gasteiger partial charge < -0.3 is 9.47 Å². The van der Waals surface area contributed by atoms with E-state index in [1.54, 1.807) is 13.0 Å². The van der Waals surface area contributed by atoms with E-state index in [-0.39, 0.29) is 18.3 Å². The first-order valence-corrected chi connectivity index (χ1v) is 11.3. The van der Waals surface area contributed by atoms with E-state index in [0.717, 1.165) is 35.5 Å². The third-order valence-corrected chi connectivity index (χ3v) is 6.34. The van der Waals surface area contributed by atoms with Crippen LogP contribution in [0, 0.1) is 0 Å². The molecule has 0 aromatic heterocycles. The number of nitrogens with zero attached hydrogens (tertiary/aromatic N) is 2. The zero-order valence-corrected chi connectivity index (χ0v) is 19.0. The van der Waals surface area contributed by atoms with Crippen LogP contribution >= 0.6 is 0 Å². The van der Waals surface area contributed by atoms with Crippen molar-refractivity contribution in [1.82, 2.24) is 5.01 Å². The summed E-state index contributed by atoms with van der Waals surface area (Å²) in [6.45, 7) is 7.50. The number of Topliss-reactive ketones (excluding diaryl/α,β-unsaturated/α-hetero) is 1. The molecule has 0 N–H and O–H groups in total. The highest BCUT2D eigenvalue weighted by molar-refractivity contribution is 5.97. The van der Waals surface area contributed by atoms with Crippen molar-refractivity contribution in [2.45, 2.75) is 26.4 Å². The summed E-state index contributed by atoms with van der Waals surface area (Å²) in [7, 11) is 0. The summed E-state index contributed by atoms with van der Waals surface area (Å²) in [6, 6.07) is 21.0. The van der Waals surface area contributed by atoms with E-state index in [1.165, 1.54) is 0 Å². The molecule has 2 aliphatic heterocycles. The number of ketones is 1. The van der Waals surface area contributed by atoms with Gasteiger partial charge in [0.05, 0.1) is 17.8 Å². The van der Waals surface area contributed by atoms with E-state index < -0.39 is 5.60 Å². The predicted molar refractivity (Wildman–Crippen MR) is 126 cm³/mol. The van der Waals surface area contributed by atoms with E-state index in [2.05, 4.69) is 18.9 Å². The average molecular weight is 443 g/mol. The molecule has 1 unspecified atom stereocenters. The standard InChI is InChI=1S/C27H26N2O4/c1-4-28(5-2)29(17-18(3)30)19-14-15-23-25(16-19)32-24-13-9-8-12-22(24)27(23)21-11-7-6-10-20(21)26(31)33-27/h6-16H,4-5,17H2,1-3H3. The summed E-state index contributed by atoms with van der Waals surface area (Å²) in [5, 5.41) is 4.09. The second-order valence-electron chi connectivity index (χ2n) is 8.29. The van der Waals surface area contributed by atoms with E-state index in [4.69, 9.17) is 9.47 Å². The monoisotopic (exact) mass is 442 g/mol. The Morgan fingerprint density at radius 2 is 1.55 bits per heavy atom. The Bertz CT molecular complexity index is 1250. The normalized spacial score (nSPS) is 17.8. The Kier molecular flexibility index (Phi) is 5.17. The molecule has 0 saturated carbocycles. The van der Waals surface area contributed by atoms with Gasteiger partial charge in [-0.2, -0.15) is 0 Å². The van der Waals surface area contributed by atoms with Gasteiger partial charge in [0.15, 0.2) is 11.4 Å². The van der Waals surface area contributed by atoms with Gasteiger partial charge in [-0.25, -0.2) is 9.80 Å². The number of hydrogen-bond acceptors (Lipinski definition) is 6. The van der Waals surface area contributed by atoms with Crippen LogP contribution in [0.15, 0.2) is 66.7 Å². The Balaban J connectivity index is 1.71. The van der Waals surface area contributed by atoms with E-state index in [1.807, 2.05) is 65.7 Å². The van der Waals surface area contributed by atoms with Gasteiger partial charge in [0, 0.05) is 35.8 Å². The molecule has 2 heterocycles. The number of esters is 1. The van der Waals surface area contributed by atoms with Crippen LogP contribution in [0.1, 0.15) is 47.8 Å². The maximum Gasteiger partial charge on any atom is 0.340 e. The van der Waals surface area contributed by atoms with Gasteiger partial charge in [-0.3, -0.25) is 9.80 Å². The number of hydrogen-bond donors (Lipinski definition) is 0. The maximum absolute atomic E-state index is 12.9. The Labute approximate surface area is 193 Å². The van der Waals surface area contributed by atoms with Gasteiger partial charge in [0.2, 0.25) is 0 Å².